The molecule has 4 aliphatic rings. The van der Waals surface area contributed by atoms with Crippen molar-refractivity contribution in [1.82, 2.24) is 0 Å². The molecule has 11 heteroatoms. The van der Waals surface area contributed by atoms with E-state index < -0.39 is 82.1 Å². The summed E-state index contributed by atoms with van der Waals surface area (Å²) in [4.78, 5) is 18.8. The Morgan fingerprint density at radius 2 is 1.78 bits per heavy atom. The molecule has 10 nitrogen and oxygen atoms in total. The van der Waals surface area contributed by atoms with Gasteiger partial charge in [0.25, 0.3) is 0 Å². The third-order valence-electron chi connectivity index (χ3n) is 10.4. The minimum absolute atomic E-state index is 0. The summed E-state index contributed by atoms with van der Waals surface area (Å²) in [6.07, 6.45) is -5.83. The van der Waals surface area contributed by atoms with Gasteiger partial charge < -0.3 is 36.0 Å². The van der Waals surface area contributed by atoms with Crippen LogP contribution in [0.2, 0.25) is 0 Å². The maximum absolute atomic E-state index is 14.0. The molecule has 0 aromatic rings. The molecule has 1 saturated heterocycles. The predicted molar refractivity (Wildman–Crippen MR) is 122 cm³/mol. The zero-order valence-electron chi connectivity index (χ0n) is 22.0. The summed E-state index contributed by atoms with van der Waals surface area (Å²) in [6.45, 7) is 10.2. The van der Waals surface area contributed by atoms with Crippen LogP contribution in [-0.4, -0.2) is 90.9 Å². The van der Waals surface area contributed by atoms with Crippen molar-refractivity contribution in [2.24, 2.45) is 28.6 Å². The van der Waals surface area contributed by atoms with E-state index in [1.807, 2.05) is 0 Å². The number of rotatable bonds is 4. The van der Waals surface area contributed by atoms with Crippen molar-refractivity contribution in [1.29, 1.82) is 0 Å². The van der Waals surface area contributed by atoms with Gasteiger partial charge in [0.2, 0.25) is 0 Å². The molecule has 4 rings (SSSR count). The van der Waals surface area contributed by atoms with Crippen molar-refractivity contribution in [3.05, 3.63) is 11.1 Å². The normalized spacial score (nSPS) is 48.3. The third-order valence-corrected chi connectivity index (χ3v) is 10.4. The largest absolute Gasteiger partial charge is 0.392 e. The van der Waals surface area contributed by atoms with E-state index in [9.17, 15) is 35.6 Å². The van der Waals surface area contributed by atoms with E-state index in [1.54, 1.807) is 41.5 Å². The van der Waals surface area contributed by atoms with Gasteiger partial charge in [-0.25, -0.2) is 4.89 Å². The van der Waals surface area contributed by atoms with Crippen LogP contribution in [-0.2, 0) is 14.4 Å². The van der Waals surface area contributed by atoms with Crippen LogP contribution in [0.15, 0.2) is 11.1 Å². The summed E-state index contributed by atoms with van der Waals surface area (Å²) in [5.74, 6) is -3.05. The van der Waals surface area contributed by atoms with Gasteiger partial charge >= 0.3 is 0 Å². The van der Waals surface area contributed by atoms with Crippen LogP contribution < -0.4 is 5.73 Å². The molecule has 1 heterocycles. The molecule has 2 bridgehead atoms. The predicted octanol–water partition coefficient (Wildman–Crippen LogP) is -0.974. The van der Waals surface area contributed by atoms with E-state index in [4.69, 9.17) is 9.62 Å². The van der Waals surface area contributed by atoms with Crippen molar-refractivity contribution in [2.75, 3.05) is 6.61 Å². The molecule has 0 amide bonds. The molecule has 9 N–H and O–H groups in total. The van der Waals surface area contributed by atoms with Crippen molar-refractivity contribution >= 4 is 5.78 Å². The Hall–Kier alpha value is 0.492. The fourth-order valence-electron chi connectivity index (χ4n) is 8.12. The number of carbonyl (C=O) groups is 1. The minimum Gasteiger partial charge on any atom is -0.392 e. The minimum atomic E-state index is -1.68. The molecule has 0 spiro atoms. The number of aliphatic hydroxyl groups is 5. The van der Waals surface area contributed by atoms with Crippen molar-refractivity contribution in [3.8, 4) is 0 Å². The first-order chi connectivity index (χ1) is 16.0. The van der Waals surface area contributed by atoms with Crippen LogP contribution in [0.3, 0.4) is 0 Å². The van der Waals surface area contributed by atoms with Crippen molar-refractivity contribution in [2.45, 2.75) is 102 Å². The summed E-state index contributed by atoms with van der Waals surface area (Å²) in [5, 5.41) is 67.5. The van der Waals surface area contributed by atoms with E-state index >= 15 is 0 Å². The molecule has 2 saturated carbocycles. The Labute approximate surface area is 247 Å². The third kappa shape index (κ3) is 3.83. The van der Waals surface area contributed by atoms with Gasteiger partial charge in [-0.3, -0.25) is 10.1 Å². The van der Waals surface area contributed by atoms with Gasteiger partial charge in [-0.15, -0.1) is 0 Å². The number of fused-ring (bicyclic) bond motifs is 5. The molecular formula is C25H42AcNO9+. The van der Waals surface area contributed by atoms with Crippen LogP contribution in [0.5, 0.6) is 0 Å². The monoisotopic (exact) mass is 727 g/mol. The number of quaternary nitrogens is 1. The fourth-order valence-corrected chi connectivity index (χ4v) is 8.12. The second kappa shape index (κ2) is 9.84. The fraction of sp³-hybridized carbons (Fsp3) is 0.880. The summed E-state index contributed by atoms with van der Waals surface area (Å²) >= 11 is 0. The first-order valence-electron chi connectivity index (χ1n) is 12.5. The zero-order valence-corrected chi connectivity index (χ0v) is 26.8. The number of Topliss-reactive ketones (excluding diaryl/α,β-unsaturated/α-hetero) is 1. The molecule has 3 aliphatic carbocycles. The quantitative estimate of drug-likeness (QED) is 0.109. The van der Waals surface area contributed by atoms with Gasteiger partial charge in [-0.05, 0) is 38.7 Å². The summed E-state index contributed by atoms with van der Waals surface area (Å²) in [7, 11) is 0. The molecule has 3 fully saturated rings. The van der Waals surface area contributed by atoms with Gasteiger partial charge in [0.1, 0.15) is 30.0 Å². The SMILES string of the molecule is CC1=C2C(O)C(=O)[C@]3(C)C(O)CC4OCC4(O)C3C(C)C(O)(CC1[C@@H](OO)C(O)C(C)[NH3+])C2(C)C.[Ac]. The second-order valence-electron chi connectivity index (χ2n) is 12.4. The molecule has 12 atom stereocenters. The number of ketones is 1. The van der Waals surface area contributed by atoms with Crippen LogP contribution >= 0.6 is 0 Å². The number of aliphatic hydroxyl groups excluding tert-OH is 3. The van der Waals surface area contributed by atoms with Crippen LogP contribution in [0, 0.1) is 72.6 Å². The molecule has 36 heavy (non-hydrogen) atoms. The van der Waals surface area contributed by atoms with Crippen LogP contribution in [0.1, 0.15) is 54.4 Å². The Morgan fingerprint density at radius 3 is 2.25 bits per heavy atom. The van der Waals surface area contributed by atoms with E-state index in [0.29, 0.717) is 5.57 Å². The van der Waals surface area contributed by atoms with Gasteiger partial charge in [0, 0.05) is 67.7 Å². The number of ether oxygens (including phenoxy) is 1. The molecule has 0 aromatic heterocycles. The average molecular weight is 728 g/mol. The Kier molecular flexibility index (Phi) is 8.48. The molecule has 0 aromatic carbocycles. The second-order valence-corrected chi connectivity index (χ2v) is 12.4. The first kappa shape index (κ1) is 31.0. The van der Waals surface area contributed by atoms with Crippen molar-refractivity contribution < 1.29 is 95.0 Å². The summed E-state index contributed by atoms with van der Waals surface area (Å²) in [6, 6.07) is -0.520. The van der Waals surface area contributed by atoms with Crippen molar-refractivity contribution in [3.63, 3.8) is 0 Å². The maximum atomic E-state index is 14.0. The summed E-state index contributed by atoms with van der Waals surface area (Å²) in [5.41, 5.74) is -1.10. The Morgan fingerprint density at radius 1 is 1.19 bits per heavy atom. The summed E-state index contributed by atoms with van der Waals surface area (Å²) < 4.78 is 5.56. The van der Waals surface area contributed by atoms with Gasteiger partial charge in [-0.2, -0.15) is 0 Å². The van der Waals surface area contributed by atoms with Gasteiger partial charge in [0.05, 0.1) is 29.8 Å². The molecule has 203 valence electrons. The number of hydrogen-bond donors (Lipinski definition) is 7. The standard InChI is InChI=1S/C25H41NO9.Ac/c1-10-13(19(35-33)17(28)12(3)26)8-25(32)11(2)20-23(6,14(27)7-15-24(20,31)9-34-15)21(30)18(29)16(10)22(25,4)5;/h11-15,17-20,27-29,31-33H,7-9,26H2,1-6H3;/p+1/t11?,12?,13?,14?,15?,17?,18?,19-,20?,23-,24?,25?;/m1./s1. The van der Waals surface area contributed by atoms with Crippen LogP contribution in [0.25, 0.3) is 0 Å². The molecule has 10 unspecified atom stereocenters. The molecule has 1 radical (unpaired) electrons. The van der Waals surface area contributed by atoms with Crippen LogP contribution in [0.4, 0.5) is 0 Å². The Bertz CT molecular complexity index is 927. The maximum Gasteiger partial charge on any atom is 0.174 e. The smallest absolute Gasteiger partial charge is 0.174 e. The van der Waals surface area contributed by atoms with E-state index in [-0.39, 0.29) is 69.1 Å². The Balaban J connectivity index is 0.00000361. The average Bonchev–Trinajstić information content (AvgIpc) is 2.77. The molecular weight excluding hydrogens is 685 g/mol. The van der Waals surface area contributed by atoms with Gasteiger partial charge in [0.15, 0.2) is 5.78 Å². The number of carbonyl (C=O) groups excluding carboxylic acids is 1. The van der Waals surface area contributed by atoms with E-state index in [1.165, 1.54) is 0 Å². The topological polar surface area (TPSA) is 185 Å². The number of hydrogen-bond acceptors (Lipinski definition) is 9. The van der Waals surface area contributed by atoms with E-state index in [0.717, 1.165) is 0 Å². The van der Waals surface area contributed by atoms with E-state index in [2.05, 4.69) is 5.73 Å². The zero-order chi connectivity index (χ0) is 26.5. The first-order valence-corrected chi connectivity index (χ1v) is 12.5. The molecule has 1 aliphatic heterocycles. The van der Waals surface area contributed by atoms with Gasteiger partial charge in [-0.1, -0.05) is 26.3 Å².